The van der Waals surface area contributed by atoms with Crippen molar-refractivity contribution in [2.75, 3.05) is 0 Å². The summed E-state index contributed by atoms with van der Waals surface area (Å²) in [6, 6.07) is 0. The highest BCUT2D eigenvalue weighted by Gasteiger charge is 2.28. The van der Waals surface area contributed by atoms with Gasteiger partial charge in [0.05, 0.1) is 11.6 Å². The maximum Gasteiger partial charge on any atom is 0.293 e. The van der Waals surface area contributed by atoms with E-state index in [9.17, 15) is 0 Å². The number of rotatable bonds is 0. The average Bonchev–Trinajstić information content (AvgIpc) is 2.88. The van der Waals surface area contributed by atoms with Crippen LogP contribution in [0.15, 0.2) is 29.3 Å². The Morgan fingerprint density at radius 1 is 1.25 bits per heavy atom. The van der Waals surface area contributed by atoms with Gasteiger partial charge in [0.15, 0.2) is 5.82 Å². The van der Waals surface area contributed by atoms with Crippen LogP contribution in [0.2, 0.25) is 0 Å². The fourth-order valence-corrected chi connectivity index (χ4v) is 1.88. The van der Waals surface area contributed by atoms with Gasteiger partial charge in [-0.2, -0.15) is 4.98 Å². The third-order valence-electron chi connectivity index (χ3n) is 2.61. The summed E-state index contributed by atoms with van der Waals surface area (Å²) in [7, 11) is 0. The minimum absolute atomic E-state index is 0.0844. The number of allylic oxidation sites excluding steroid dienone is 4. The van der Waals surface area contributed by atoms with Gasteiger partial charge in [-0.15, -0.1) is 5.10 Å². The van der Waals surface area contributed by atoms with Gasteiger partial charge in [0.2, 0.25) is 0 Å². The summed E-state index contributed by atoms with van der Waals surface area (Å²) < 4.78 is 1.32. The number of hydrogen-bond donors (Lipinski definition) is 0. The Morgan fingerprint density at radius 3 is 3.25 bits per heavy atom. The van der Waals surface area contributed by atoms with Gasteiger partial charge < -0.3 is 0 Å². The number of fused-ring (bicyclic) bond motifs is 4. The van der Waals surface area contributed by atoms with Crippen molar-refractivity contribution in [2.24, 2.45) is 4.99 Å². The normalized spacial score (nSPS) is 21.0. The molecule has 2 aromatic rings. The molecule has 7 nitrogen and oxygen atoms in total. The molecule has 1 atom stereocenters. The summed E-state index contributed by atoms with van der Waals surface area (Å²) in [6.45, 7) is 0. The summed E-state index contributed by atoms with van der Waals surface area (Å²) in [6.07, 6.45) is 7.92. The first-order valence-electron chi connectivity index (χ1n) is 4.81. The number of nitrogens with zero attached hydrogens (tertiary/aromatic N) is 7. The maximum absolute atomic E-state index is 4.40. The van der Waals surface area contributed by atoms with Crippen molar-refractivity contribution >= 4 is 17.3 Å². The average molecular weight is 211 g/mol. The first-order chi connectivity index (χ1) is 7.92. The fourth-order valence-electron chi connectivity index (χ4n) is 1.88. The minimum Gasteiger partial charge on any atom is -0.231 e. The second kappa shape index (κ2) is 2.57. The van der Waals surface area contributed by atoms with Crippen molar-refractivity contribution in [1.29, 1.82) is 0 Å². The Kier molecular flexibility index (Phi) is 1.25. The van der Waals surface area contributed by atoms with E-state index < -0.39 is 0 Å². The van der Waals surface area contributed by atoms with Crippen LogP contribution in [0.1, 0.15) is 11.6 Å². The lowest BCUT2D eigenvalue weighted by molar-refractivity contribution is 0.707. The quantitative estimate of drug-likeness (QED) is 0.622. The summed E-state index contributed by atoms with van der Waals surface area (Å²) in [5.41, 5.74) is 1.76. The van der Waals surface area contributed by atoms with Crippen LogP contribution in [0, 0.1) is 0 Å². The Morgan fingerprint density at radius 2 is 2.25 bits per heavy atom. The fraction of sp³-hybridized carbons (Fsp3) is 0.111. The van der Waals surface area contributed by atoms with Gasteiger partial charge in [0.25, 0.3) is 5.78 Å². The van der Waals surface area contributed by atoms with E-state index >= 15 is 0 Å². The highest BCUT2D eigenvalue weighted by molar-refractivity contribution is 6.07. The van der Waals surface area contributed by atoms with Crippen molar-refractivity contribution < 1.29 is 0 Å². The van der Waals surface area contributed by atoms with Crippen LogP contribution >= 0.6 is 0 Å². The lowest BCUT2D eigenvalue weighted by Crippen LogP contribution is -2.09. The molecule has 0 bridgehead atoms. The standard InChI is InChI=1S/C9H5N7/c1-2-4-6-5(3-1)7-8(10-6)11-9-12-14-15-16(9)13-7/h1-5H. The predicted molar refractivity (Wildman–Crippen MR) is 54.5 cm³/mol. The van der Waals surface area contributed by atoms with Crippen LogP contribution in [0.25, 0.3) is 5.78 Å². The zero-order valence-electron chi connectivity index (χ0n) is 8.02. The van der Waals surface area contributed by atoms with Crippen molar-refractivity contribution in [3.8, 4) is 0 Å². The molecular weight excluding hydrogens is 206 g/mol. The molecule has 1 unspecified atom stereocenters. The van der Waals surface area contributed by atoms with Gasteiger partial charge in [0.1, 0.15) is 5.69 Å². The molecule has 1 aliphatic heterocycles. The van der Waals surface area contributed by atoms with E-state index in [1.54, 1.807) is 0 Å². The van der Waals surface area contributed by atoms with Gasteiger partial charge in [-0.1, -0.05) is 28.0 Å². The molecule has 0 saturated heterocycles. The summed E-state index contributed by atoms with van der Waals surface area (Å²) in [4.78, 5) is 8.65. The smallest absolute Gasteiger partial charge is 0.231 e. The van der Waals surface area contributed by atoms with Gasteiger partial charge in [-0.25, -0.2) is 4.99 Å². The molecule has 2 aromatic heterocycles. The first-order valence-corrected chi connectivity index (χ1v) is 4.81. The van der Waals surface area contributed by atoms with Crippen molar-refractivity contribution in [3.63, 3.8) is 0 Å². The van der Waals surface area contributed by atoms with E-state index in [4.69, 9.17) is 0 Å². The molecule has 7 heteroatoms. The molecule has 0 saturated carbocycles. The Bertz CT molecular complexity index is 678. The van der Waals surface area contributed by atoms with Crippen LogP contribution in [0.3, 0.4) is 0 Å². The van der Waals surface area contributed by atoms with Crippen LogP contribution in [0.4, 0.5) is 5.82 Å². The van der Waals surface area contributed by atoms with Gasteiger partial charge in [-0.05, 0) is 16.5 Å². The first kappa shape index (κ1) is 7.80. The summed E-state index contributed by atoms with van der Waals surface area (Å²) >= 11 is 0. The third-order valence-corrected chi connectivity index (χ3v) is 2.61. The molecule has 0 N–H and O–H groups in total. The van der Waals surface area contributed by atoms with E-state index in [0.29, 0.717) is 11.6 Å². The van der Waals surface area contributed by atoms with E-state index in [1.165, 1.54) is 4.63 Å². The number of aliphatic imine (C=N–C) groups is 1. The minimum atomic E-state index is 0.0844. The van der Waals surface area contributed by atoms with E-state index in [-0.39, 0.29) is 5.92 Å². The number of aromatic nitrogens is 6. The second-order valence-corrected chi connectivity index (χ2v) is 3.55. The molecule has 1 aliphatic carbocycles. The maximum atomic E-state index is 4.40. The van der Waals surface area contributed by atoms with Crippen molar-refractivity contribution in [1.82, 2.24) is 30.2 Å². The largest absolute Gasteiger partial charge is 0.293 e. The zero-order chi connectivity index (χ0) is 10.5. The number of hydrogen-bond acceptors (Lipinski definition) is 6. The second-order valence-electron chi connectivity index (χ2n) is 3.55. The lowest BCUT2D eigenvalue weighted by Gasteiger charge is -2.07. The van der Waals surface area contributed by atoms with E-state index in [2.05, 4.69) is 30.6 Å². The van der Waals surface area contributed by atoms with Gasteiger partial charge >= 0.3 is 0 Å². The monoisotopic (exact) mass is 211 g/mol. The molecule has 2 aliphatic rings. The predicted octanol–water partition coefficient (Wildman–Crippen LogP) is 0.210. The molecular formula is C9H5N7. The molecule has 0 aromatic carbocycles. The van der Waals surface area contributed by atoms with Crippen LogP contribution in [-0.4, -0.2) is 35.9 Å². The van der Waals surface area contributed by atoms with Crippen molar-refractivity contribution in [3.05, 3.63) is 30.0 Å². The third kappa shape index (κ3) is 0.867. The Hall–Kier alpha value is -2.44. The summed E-state index contributed by atoms with van der Waals surface area (Å²) in [5.74, 6) is 1.06. The molecule has 3 heterocycles. The topological polar surface area (TPSA) is 81.2 Å². The van der Waals surface area contributed by atoms with E-state index in [0.717, 1.165) is 11.4 Å². The molecule has 0 amide bonds. The zero-order valence-corrected chi connectivity index (χ0v) is 8.02. The molecule has 4 rings (SSSR count). The summed E-state index contributed by atoms with van der Waals surface area (Å²) in [5, 5.41) is 15.3. The van der Waals surface area contributed by atoms with Gasteiger partial charge in [0, 0.05) is 0 Å². The highest BCUT2D eigenvalue weighted by atomic mass is 15.6. The Labute approximate surface area is 89.2 Å². The molecule has 0 fully saturated rings. The Balaban J connectivity index is 2.03. The molecule has 0 spiro atoms. The SMILES string of the molecule is C1=CC2=Nc3nc4nnnn4nc3C2C=C1. The molecule has 76 valence electrons. The van der Waals surface area contributed by atoms with Crippen LogP contribution in [0.5, 0.6) is 0 Å². The van der Waals surface area contributed by atoms with E-state index in [1.807, 2.05) is 24.3 Å². The number of tetrazole rings is 1. The van der Waals surface area contributed by atoms with Crippen molar-refractivity contribution in [2.45, 2.75) is 5.92 Å². The van der Waals surface area contributed by atoms with Crippen LogP contribution < -0.4 is 0 Å². The highest BCUT2D eigenvalue weighted by Crippen LogP contribution is 2.34. The molecule has 16 heavy (non-hydrogen) atoms. The molecule has 0 radical (unpaired) electrons. The van der Waals surface area contributed by atoms with Gasteiger partial charge in [-0.3, -0.25) is 0 Å². The lowest BCUT2D eigenvalue weighted by atomic mass is 9.97. The van der Waals surface area contributed by atoms with Crippen LogP contribution in [-0.2, 0) is 0 Å².